The summed E-state index contributed by atoms with van der Waals surface area (Å²) in [5.74, 6) is -3.92. The molecule has 2 saturated heterocycles. The normalized spacial score (nSPS) is 38.5. The molecule has 114 valence electrons. The monoisotopic (exact) mass is 292 g/mol. The van der Waals surface area contributed by atoms with Crippen LogP contribution in [0.15, 0.2) is 0 Å². The summed E-state index contributed by atoms with van der Waals surface area (Å²) in [6.07, 6.45) is -4.12. The number of fused-ring (bicyclic) bond motifs is 1. The highest BCUT2D eigenvalue weighted by Gasteiger charge is 2.69. The van der Waals surface area contributed by atoms with Gasteiger partial charge in [-0.05, 0) is 20.8 Å². The van der Waals surface area contributed by atoms with Gasteiger partial charge < -0.3 is 24.1 Å². The molecule has 8 heteroatoms. The third-order valence-electron chi connectivity index (χ3n) is 3.21. The molecule has 20 heavy (non-hydrogen) atoms. The summed E-state index contributed by atoms with van der Waals surface area (Å²) >= 11 is 0. The van der Waals surface area contributed by atoms with Gasteiger partial charge in [-0.1, -0.05) is 0 Å². The number of aliphatic hydroxyl groups excluding tert-OH is 1. The van der Waals surface area contributed by atoms with Gasteiger partial charge in [-0.3, -0.25) is 4.79 Å². The van der Waals surface area contributed by atoms with Crippen LogP contribution in [0.5, 0.6) is 0 Å². The van der Waals surface area contributed by atoms with Crippen LogP contribution in [0.1, 0.15) is 20.8 Å². The third-order valence-corrected chi connectivity index (χ3v) is 3.21. The lowest BCUT2D eigenvalue weighted by Crippen LogP contribution is -2.55. The zero-order chi connectivity index (χ0) is 15.1. The maximum atomic E-state index is 15.1. The molecule has 0 aromatic heterocycles. The average molecular weight is 292 g/mol. The van der Waals surface area contributed by atoms with Crippen molar-refractivity contribution >= 4 is 11.8 Å². The maximum absolute atomic E-state index is 15.1. The van der Waals surface area contributed by atoms with E-state index in [1.54, 1.807) is 0 Å². The van der Waals surface area contributed by atoms with Crippen molar-refractivity contribution in [2.24, 2.45) is 0 Å². The van der Waals surface area contributed by atoms with E-state index in [1.807, 2.05) is 0 Å². The van der Waals surface area contributed by atoms with Gasteiger partial charge in [0.05, 0.1) is 13.2 Å². The van der Waals surface area contributed by atoms with Crippen molar-refractivity contribution in [3.63, 3.8) is 0 Å². The molecule has 2 fully saturated rings. The Morgan fingerprint density at radius 3 is 2.55 bits per heavy atom. The van der Waals surface area contributed by atoms with E-state index < -0.39 is 48.3 Å². The second kappa shape index (κ2) is 5.03. The van der Waals surface area contributed by atoms with Gasteiger partial charge in [0.2, 0.25) is 5.67 Å². The Bertz CT molecular complexity index is 424. The van der Waals surface area contributed by atoms with Crippen LogP contribution in [0.25, 0.3) is 0 Å². The first-order valence-corrected chi connectivity index (χ1v) is 6.28. The number of alkyl halides is 1. The lowest BCUT2D eigenvalue weighted by molar-refractivity contribution is -0.224. The summed E-state index contributed by atoms with van der Waals surface area (Å²) in [6, 6.07) is 0. The van der Waals surface area contributed by atoms with Gasteiger partial charge in [0, 0.05) is 0 Å². The topological polar surface area (TPSA) is 91.3 Å². The second-order valence-electron chi connectivity index (χ2n) is 5.05. The summed E-state index contributed by atoms with van der Waals surface area (Å²) in [7, 11) is 0. The Labute approximate surface area is 114 Å². The number of esters is 1. The predicted octanol–water partition coefficient (Wildman–Crippen LogP) is -0.304. The van der Waals surface area contributed by atoms with Gasteiger partial charge in [-0.25, -0.2) is 9.18 Å². The fraction of sp³-hybridized carbons (Fsp3) is 0.833. The molecule has 2 rings (SSSR count). The molecular formula is C12H17FO7. The molecule has 0 aromatic rings. The van der Waals surface area contributed by atoms with E-state index in [2.05, 4.69) is 4.74 Å². The molecule has 0 bridgehead atoms. The molecule has 0 unspecified atom stereocenters. The summed E-state index contributed by atoms with van der Waals surface area (Å²) in [4.78, 5) is 23.5. The lowest BCUT2D eigenvalue weighted by atomic mass is 9.90. The van der Waals surface area contributed by atoms with Crippen LogP contribution in [0.4, 0.5) is 4.39 Å². The minimum atomic E-state index is -2.83. The highest BCUT2D eigenvalue weighted by Crippen LogP contribution is 2.45. The van der Waals surface area contributed by atoms with Crippen LogP contribution < -0.4 is 0 Å². The molecule has 0 amide bonds. The maximum Gasteiger partial charge on any atom is 0.378 e. The number of hydrogen-bond acceptors (Lipinski definition) is 7. The predicted molar refractivity (Wildman–Crippen MR) is 61.3 cm³/mol. The molecule has 1 N–H and O–H groups in total. The van der Waals surface area contributed by atoms with Crippen molar-refractivity contribution in [3.8, 4) is 0 Å². The molecule has 0 aliphatic carbocycles. The van der Waals surface area contributed by atoms with Gasteiger partial charge in [-0.2, -0.15) is 0 Å². The molecule has 2 aliphatic heterocycles. The standard InChI is InChI=1S/C12H17FO7/c1-4-17-9(16)7(15)12(13)6(5-14)18-10-8(12)19-11(2,3)20-10/h6,8,10,14H,4-5H2,1-3H3/t6-,8+,10-,12-/m1/s1. The Morgan fingerprint density at radius 2 is 2.00 bits per heavy atom. The van der Waals surface area contributed by atoms with Crippen molar-refractivity contribution in [1.29, 1.82) is 0 Å². The first-order valence-electron chi connectivity index (χ1n) is 6.28. The van der Waals surface area contributed by atoms with Crippen LogP contribution >= 0.6 is 0 Å². The fourth-order valence-corrected chi connectivity index (χ4v) is 2.36. The molecule has 2 aliphatic rings. The zero-order valence-electron chi connectivity index (χ0n) is 11.4. The summed E-state index contributed by atoms with van der Waals surface area (Å²) in [5.41, 5.74) is -2.83. The van der Waals surface area contributed by atoms with E-state index in [-0.39, 0.29) is 6.61 Å². The van der Waals surface area contributed by atoms with Crippen molar-refractivity contribution in [2.45, 2.75) is 50.7 Å². The second-order valence-corrected chi connectivity index (χ2v) is 5.05. The van der Waals surface area contributed by atoms with Crippen molar-refractivity contribution < 1.29 is 38.0 Å². The number of ketones is 1. The van der Waals surface area contributed by atoms with Crippen molar-refractivity contribution in [2.75, 3.05) is 13.2 Å². The number of halogens is 1. The van der Waals surface area contributed by atoms with Gasteiger partial charge in [0.15, 0.2) is 18.2 Å². The van der Waals surface area contributed by atoms with E-state index in [1.165, 1.54) is 20.8 Å². The number of Topliss-reactive ketones (excluding diaryl/α,β-unsaturated/α-hetero) is 1. The van der Waals surface area contributed by atoms with Crippen LogP contribution in [0, 0.1) is 0 Å². The zero-order valence-corrected chi connectivity index (χ0v) is 11.4. The highest BCUT2D eigenvalue weighted by molar-refractivity contribution is 6.37. The molecule has 0 spiro atoms. The smallest absolute Gasteiger partial charge is 0.378 e. The Morgan fingerprint density at radius 1 is 1.35 bits per heavy atom. The molecule has 0 saturated carbocycles. The van der Waals surface area contributed by atoms with Gasteiger partial charge in [0.25, 0.3) is 5.78 Å². The van der Waals surface area contributed by atoms with Gasteiger partial charge in [0.1, 0.15) is 6.10 Å². The number of ether oxygens (including phenoxy) is 4. The van der Waals surface area contributed by atoms with E-state index in [4.69, 9.17) is 19.3 Å². The van der Waals surface area contributed by atoms with Crippen LogP contribution in [0.2, 0.25) is 0 Å². The SMILES string of the molecule is CCOC(=O)C(=O)[C@]1(F)[C@@H](CO)O[C@@H]2OC(C)(C)O[C@@H]21. The highest BCUT2D eigenvalue weighted by atomic mass is 19.1. The minimum Gasteiger partial charge on any atom is -0.460 e. The van der Waals surface area contributed by atoms with E-state index >= 15 is 4.39 Å². The minimum absolute atomic E-state index is 0.0672. The number of carbonyl (C=O) groups excluding carboxylic acids is 2. The summed E-state index contributed by atoms with van der Waals surface area (Å²) in [6.45, 7) is 3.69. The van der Waals surface area contributed by atoms with Crippen LogP contribution in [-0.4, -0.2) is 60.0 Å². The number of carbonyl (C=O) groups is 2. The number of rotatable bonds is 4. The van der Waals surface area contributed by atoms with E-state index in [0.717, 1.165) is 0 Å². The summed E-state index contributed by atoms with van der Waals surface area (Å²) < 4.78 is 35.3. The lowest BCUT2D eigenvalue weighted by Gasteiger charge is -2.28. The van der Waals surface area contributed by atoms with Crippen LogP contribution in [0.3, 0.4) is 0 Å². The summed E-state index contributed by atoms with van der Waals surface area (Å²) in [5, 5.41) is 9.17. The average Bonchev–Trinajstić information content (AvgIpc) is 2.81. The van der Waals surface area contributed by atoms with Crippen LogP contribution in [-0.2, 0) is 28.5 Å². The van der Waals surface area contributed by atoms with Crippen molar-refractivity contribution in [1.82, 2.24) is 0 Å². The number of hydrogen-bond donors (Lipinski definition) is 1. The largest absolute Gasteiger partial charge is 0.460 e. The van der Waals surface area contributed by atoms with E-state index in [0.29, 0.717) is 0 Å². The molecule has 0 aromatic carbocycles. The number of aliphatic hydroxyl groups is 1. The molecular weight excluding hydrogens is 275 g/mol. The van der Waals surface area contributed by atoms with Gasteiger partial charge >= 0.3 is 5.97 Å². The van der Waals surface area contributed by atoms with Gasteiger partial charge in [-0.15, -0.1) is 0 Å². The van der Waals surface area contributed by atoms with Crippen molar-refractivity contribution in [3.05, 3.63) is 0 Å². The fourth-order valence-electron chi connectivity index (χ4n) is 2.36. The Kier molecular flexibility index (Phi) is 3.85. The molecule has 4 atom stereocenters. The quantitative estimate of drug-likeness (QED) is 0.561. The molecule has 0 radical (unpaired) electrons. The molecule has 7 nitrogen and oxygen atoms in total. The molecule has 2 heterocycles. The first-order chi connectivity index (χ1) is 9.26. The Balaban J connectivity index is 2.30. The van der Waals surface area contributed by atoms with E-state index in [9.17, 15) is 9.59 Å². The first kappa shape index (κ1) is 15.3. The Hall–Kier alpha value is -1.09. The third kappa shape index (κ3) is 2.22.